The summed E-state index contributed by atoms with van der Waals surface area (Å²) in [5, 5.41) is 0. The average molecular weight is 89.1 g/mol. The van der Waals surface area contributed by atoms with Crippen molar-refractivity contribution < 1.29 is 4.28 Å². The van der Waals surface area contributed by atoms with Crippen LogP contribution in [0.15, 0.2) is 0 Å². The second-order valence-electron chi connectivity index (χ2n) is 1.34. The molecule has 1 nitrogen and oxygen atoms in total. The molecule has 0 aliphatic rings. The first-order chi connectivity index (χ1) is 1.73. The summed E-state index contributed by atoms with van der Waals surface area (Å²) < 4.78 is 0. The van der Waals surface area contributed by atoms with Gasteiger partial charge in [-0.25, -0.2) is 0 Å². The minimum Gasteiger partial charge on any atom is -1.00 e. The van der Waals surface area contributed by atoms with E-state index >= 15 is 0 Å². The van der Waals surface area contributed by atoms with Gasteiger partial charge in [-0.3, -0.25) is 0 Å². The number of nitrogens with zero attached hydrogens (tertiary/aromatic N) is 1. The quantitative estimate of drug-likeness (QED) is 0.381. The first kappa shape index (κ1) is 9.09. The standard InChI is InChI=1S/C3H9N.Al.3H/c1-4(2)3;;;;/h1-3H3;;;;/q;+3;3*-1. The summed E-state index contributed by atoms with van der Waals surface area (Å²) in [7, 11) is 6.00. The van der Waals surface area contributed by atoms with Crippen molar-refractivity contribution in [3.8, 4) is 0 Å². The molecule has 0 heterocycles. The molecule has 5 heavy (non-hydrogen) atoms. The third-order valence-electron chi connectivity index (χ3n) is 0. The van der Waals surface area contributed by atoms with Crippen LogP contribution in [0.1, 0.15) is 4.28 Å². The van der Waals surface area contributed by atoms with Gasteiger partial charge in [0.1, 0.15) is 0 Å². The van der Waals surface area contributed by atoms with Gasteiger partial charge in [0.05, 0.1) is 0 Å². The molecule has 0 aromatic carbocycles. The van der Waals surface area contributed by atoms with Crippen LogP contribution < -0.4 is 0 Å². The van der Waals surface area contributed by atoms with Gasteiger partial charge in [-0.2, -0.15) is 0 Å². The van der Waals surface area contributed by atoms with E-state index in [2.05, 4.69) is 0 Å². The Morgan fingerprint density at radius 2 is 1.20 bits per heavy atom. The molecule has 0 aliphatic carbocycles. The van der Waals surface area contributed by atoms with E-state index in [1.54, 1.807) is 0 Å². The van der Waals surface area contributed by atoms with Crippen molar-refractivity contribution in [3.05, 3.63) is 0 Å². The van der Waals surface area contributed by atoms with Gasteiger partial charge in [-0.1, -0.05) is 0 Å². The fourth-order valence-corrected chi connectivity index (χ4v) is 0. The Kier molecular flexibility index (Phi) is 8.17. The number of rotatable bonds is 0. The van der Waals surface area contributed by atoms with Crippen LogP contribution in [0, 0.1) is 0 Å². The number of hydrogen-bond donors (Lipinski definition) is 0. The van der Waals surface area contributed by atoms with Crippen LogP contribution in [0.4, 0.5) is 0 Å². The predicted octanol–water partition coefficient (Wildman–Crippen LogP) is 0.135. The summed E-state index contributed by atoms with van der Waals surface area (Å²) in [6.07, 6.45) is 0. The van der Waals surface area contributed by atoms with E-state index in [1.807, 2.05) is 26.0 Å². The molecule has 0 aromatic heterocycles. The van der Waals surface area contributed by atoms with E-state index in [0.29, 0.717) is 0 Å². The van der Waals surface area contributed by atoms with Crippen molar-refractivity contribution in [1.29, 1.82) is 0 Å². The van der Waals surface area contributed by atoms with Gasteiger partial charge in [-0.05, 0) is 21.1 Å². The zero-order valence-electron chi connectivity index (χ0n) is 7.02. The van der Waals surface area contributed by atoms with Crippen molar-refractivity contribution in [2.45, 2.75) is 0 Å². The van der Waals surface area contributed by atoms with Gasteiger partial charge < -0.3 is 9.18 Å². The summed E-state index contributed by atoms with van der Waals surface area (Å²) in [4.78, 5) is 2.00. The summed E-state index contributed by atoms with van der Waals surface area (Å²) in [6.45, 7) is 0. The van der Waals surface area contributed by atoms with E-state index < -0.39 is 0 Å². The topological polar surface area (TPSA) is 3.24 Å². The average Bonchev–Trinajstić information content (AvgIpc) is 0.811. The Morgan fingerprint density at radius 1 is 1.20 bits per heavy atom. The van der Waals surface area contributed by atoms with Gasteiger partial charge in [0, 0.05) is 0 Å². The molecule has 0 bridgehead atoms. The van der Waals surface area contributed by atoms with E-state index in [1.165, 1.54) is 0 Å². The third kappa shape index (κ3) is 115. The Labute approximate surface area is 48.6 Å². The molecule has 0 spiro atoms. The maximum Gasteiger partial charge on any atom is 3.00 e. The van der Waals surface area contributed by atoms with Crippen molar-refractivity contribution >= 4 is 17.4 Å². The molecule has 0 saturated heterocycles. The van der Waals surface area contributed by atoms with E-state index in [9.17, 15) is 0 Å². The first-order valence-electron chi connectivity index (χ1n) is 1.34. The molecule has 0 aromatic rings. The molecular formula is C3H12AlN. The van der Waals surface area contributed by atoms with Crippen LogP contribution in [-0.2, 0) is 0 Å². The molecule has 0 radical (unpaired) electrons. The number of hydrogen-bond acceptors (Lipinski definition) is 1. The van der Waals surface area contributed by atoms with Crippen molar-refractivity contribution in [3.63, 3.8) is 0 Å². The summed E-state index contributed by atoms with van der Waals surface area (Å²) in [5.74, 6) is 0. The SMILES string of the molecule is CN(C)C.[Al+3].[H-].[H-].[H-]. The second kappa shape index (κ2) is 4.49. The molecule has 32 valence electrons. The van der Waals surface area contributed by atoms with E-state index in [-0.39, 0.29) is 21.6 Å². The Hall–Kier alpha value is 0.492. The molecule has 0 N–H and O–H groups in total. The van der Waals surface area contributed by atoms with E-state index in [4.69, 9.17) is 0 Å². The van der Waals surface area contributed by atoms with Gasteiger partial charge in [-0.15, -0.1) is 0 Å². The van der Waals surface area contributed by atoms with Crippen LogP contribution >= 0.6 is 0 Å². The normalized spacial score (nSPS) is 7.20. The summed E-state index contributed by atoms with van der Waals surface area (Å²) in [5.41, 5.74) is 0. The maximum atomic E-state index is 2.00. The third-order valence-corrected chi connectivity index (χ3v) is 0. The van der Waals surface area contributed by atoms with Crippen LogP contribution in [0.25, 0.3) is 0 Å². The molecule has 0 rings (SSSR count). The summed E-state index contributed by atoms with van der Waals surface area (Å²) in [6, 6.07) is 0. The van der Waals surface area contributed by atoms with Gasteiger partial charge in [0.25, 0.3) is 0 Å². The van der Waals surface area contributed by atoms with Gasteiger partial charge in [0.15, 0.2) is 0 Å². The predicted molar refractivity (Wildman–Crippen MR) is 28.7 cm³/mol. The molecule has 0 saturated carbocycles. The van der Waals surface area contributed by atoms with Crippen molar-refractivity contribution in [2.24, 2.45) is 0 Å². The van der Waals surface area contributed by atoms with E-state index in [0.717, 1.165) is 0 Å². The Morgan fingerprint density at radius 3 is 1.20 bits per heavy atom. The smallest absolute Gasteiger partial charge is 1.00 e. The maximum absolute atomic E-state index is 2.00. The van der Waals surface area contributed by atoms with Crippen molar-refractivity contribution in [2.75, 3.05) is 21.1 Å². The largest absolute Gasteiger partial charge is 3.00 e. The minimum absolute atomic E-state index is 0. The molecular weight excluding hydrogens is 77.0 g/mol. The molecule has 0 aliphatic heterocycles. The van der Waals surface area contributed by atoms with Gasteiger partial charge >= 0.3 is 17.4 Å². The fraction of sp³-hybridized carbons (Fsp3) is 1.00. The second-order valence-corrected chi connectivity index (χ2v) is 1.34. The van der Waals surface area contributed by atoms with Crippen molar-refractivity contribution in [1.82, 2.24) is 4.90 Å². The van der Waals surface area contributed by atoms with Crippen LogP contribution in [-0.4, -0.2) is 43.4 Å². The van der Waals surface area contributed by atoms with Crippen LogP contribution in [0.5, 0.6) is 0 Å². The molecule has 0 amide bonds. The Bertz CT molecular complexity index is 19.2. The monoisotopic (exact) mass is 89.1 g/mol. The van der Waals surface area contributed by atoms with Gasteiger partial charge in [0.2, 0.25) is 0 Å². The molecule has 0 fully saturated rings. The first-order valence-corrected chi connectivity index (χ1v) is 1.34. The fourth-order valence-electron chi connectivity index (χ4n) is 0. The minimum atomic E-state index is 0. The molecule has 2 heteroatoms. The zero-order valence-corrected chi connectivity index (χ0v) is 5.18. The molecule has 0 atom stereocenters. The Balaban J connectivity index is -0.00000000750. The zero-order chi connectivity index (χ0) is 3.58. The van der Waals surface area contributed by atoms with Crippen LogP contribution in [0.3, 0.4) is 0 Å². The molecule has 0 unspecified atom stereocenters. The van der Waals surface area contributed by atoms with Crippen LogP contribution in [0.2, 0.25) is 0 Å². The summed E-state index contributed by atoms with van der Waals surface area (Å²) >= 11 is 0.